The topological polar surface area (TPSA) is 102 Å². The minimum Gasteiger partial charge on any atom is -0.511 e. The number of Topliss-reactive ketones (excluding diaryl/α,β-unsaturated/α-hetero) is 2. The summed E-state index contributed by atoms with van der Waals surface area (Å²) in [6.07, 6.45) is 3.24. The van der Waals surface area contributed by atoms with Gasteiger partial charge < -0.3 is 14.4 Å². The number of nitrogens with zero attached hydrogens (tertiary/aromatic N) is 2. The molecule has 1 fully saturated rings. The van der Waals surface area contributed by atoms with E-state index in [1.807, 2.05) is 54.6 Å². The van der Waals surface area contributed by atoms with Crippen LogP contribution in [0.3, 0.4) is 0 Å². The molecule has 1 aromatic heterocycles. The van der Waals surface area contributed by atoms with E-state index < -0.39 is 0 Å². The number of ketones is 2. The van der Waals surface area contributed by atoms with Crippen molar-refractivity contribution in [2.75, 3.05) is 7.11 Å². The first-order valence-corrected chi connectivity index (χ1v) is 12.3. The molecule has 36 heavy (non-hydrogen) atoms. The number of hydrogen-bond donors (Lipinski definition) is 1. The second-order valence-electron chi connectivity index (χ2n) is 9.22. The van der Waals surface area contributed by atoms with Crippen LogP contribution in [0.2, 0.25) is 0 Å². The van der Waals surface area contributed by atoms with Gasteiger partial charge in [-0.1, -0.05) is 35.5 Å². The summed E-state index contributed by atoms with van der Waals surface area (Å²) in [4.78, 5) is 30.5. The Morgan fingerprint density at radius 2 is 1.83 bits per heavy atom. The standard InChI is InChI=1S/C29H28N2O5/c1-35-21-12-10-20(11-13-21)30-23-16-19(18-6-3-2-4-7-18)17-26(34)28(23)25(33)15-14-22-29-24(32)8-5-9-27(29)36-31-22/h2-4,6-7,10-13,19,33H,5,8-9,14-17H2,1H3. The van der Waals surface area contributed by atoms with Crippen LogP contribution in [0, 0.1) is 0 Å². The van der Waals surface area contributed by atoms with Gasteiger partial charge in [0.05, 0.1) is 35.3 Å². The van der Waals surface area contributed by atoms with Crippen molar-refractivity contribution in [3.63, 3.8) is 0 Å². The number of aliphatic hydroxyl groups excluding tert-OH is 1. The highest BCUT2D eigenvalue weighted by molar-refractivity contribution is 6.25. The van der Waals surface area contributed by atoms with E-state index in [1.165, 1.54) is 0 Å². The van der Waals surface area contributed by atoms with E-state index in [1.54, 1.807) is 7.11 Å². The highest BCUT2D eigenvalue weighted by Crippen LogP contribution is 2.35. The Bertz CT molecular complexity index is 1340. The number of aliphatic imine (C=N–C) groups is 1. The number of rotatable bonds is 6. The minimum absolute atomic E-state index is 0.0209. The molecule has 2 aromatic carbocycles. The lowest BCUT2D eigenvalue weighted by Gasteiger charge is -2.26. The molecule has 2 aliphatic carbocycles. The van der Waals surface area contributed by atoms with Crippen molar-refractivity contribution in [3.05, 3.63) is 88.5 Å². The molecule has 0 spiro atoms. The van der Waals surface area contributed by atoms with Crippen molar-refractivity contribution >= 4 is 23.0 Å². The number of methoxy groups -OCH3 is 1. The predicted octanol–water partition coefficient (Wildman–Crippen LogP) is 5.87. The van der Waals surface area contributed by atoms with Crippen LogP contribution in [-0.2, 0) is 17.6 Å². The van der Waals surface area contributed by atoms with Gasteiger partial charge in [0.15, 0.2) is 11.6 Å². The van der Waals surface area contributed by atoms with Gasteiger partial charge in [-0.15, -0.1) is 0 Å². The second kappa shape index (κ2) is 10.3. The Hall–Kier alpha value is -4.00. The lowest BCUT2D eigenvalue weighted by atomic mass is 9.78. The summed E-state index contributed by atoms with van der Waals surface area (Å²) in [7, 11) is 1.60. The molecular weight excluding hydrogens is 456 g/mol. The third-order valence-corrected chi connectivity index (χ3v) is 6.85. The molecule has 5 rings (SSSR count). The summed E-state index contributed by atoms with van der Waals surface area (Å²) in [6, 6.07) is 17.2. The van der Waals surface area contributed by atoms with Gasteiger partial charge in [-0.2, -0.15) is 0 Å². The molecule has 0 aliphatic heterocycles. The summed E-state index contributed by atoms with van der Waals surface area (Å²) in [5.74, 6) is 1.17. The smallest absolute Gasteiger partial charge is 0.168 e. The number of aromatic nitrogens is 1. The van der Waals surface area contributed by atoms with Gasteiger partial charge >= 0.3 is 0 Å². The zero-order valence-corrected chi connectivity index (χ0v) is 20.2. The first-order valence-electron chi connectivity index (χ1n) is 12.3. The summed E-state index contributed by atoms with van der Waals surface area (Å²) < 4.78 is 10.6. The number of ether oxygens (including phenoxy) is 1. The number of fused-ring (bicyclic) bond motifs is 1. The van der Waals surface area contributed by atoms with Gasteiger partial charge in [-0.25, -0.2) is 0 Å². The minimum atomic E-state index is -0.141. The molecule has 2 aliphatic rings. The Balaban J connectivity index is 1.46. The number of carbonyl (C=O) groups excluding carboxylic acids is 2. The van der Waals surface area contributed by atoms with E-state index in [0.29, 0.717) is 66.3 Å². The molecule has 1 unspecified atom stereocenters. The maximum absolute atomic E-state index is 13.4. The van der Waals surface area contributed by atoms with E-state index in [2.05, 4.69) is 5.16 Å². The molecule has 1 heterocycles. The van der Waals surface area contributed by atoms with Crippen molar-refractivity contribution in [2.24, 2.45) is 4.99 Å². The summed E-state index contributed by atoms with van der Waals surface area (Å²) >= 11 is 0. The van der Waals surface area contributed by atoms with Crippen molar-refractivity contribution in [2.45, 2.75) is 50.9 Å². The Morgan fingerprint density at radius 1 is 1.06 bits per heavy atom. The number of aliphatic hydroxyl groups is 1. The SMILES string of the molecule is COc1ccc(N=C2CC(c3ccccc3)CC(=O)C2=C(O)CCc2noc3c2C(=O)CCC3)cc1. The number of carbonyl (C=O) groups is 2. The molecule has 0 amide bonds. The molecule has 0 radical (unpaired) electrons. The zero-order valence-electron chi connectivity index (χ0n) is 20.2. The third kappa shape index (κ3) is 4.87. The van der Waals surface area contributed by atoms with Crippen molar-refractivity contribution in [3.8, 4) is 5.75 Å². The fourth-order valence-corrected chi connectivity index (χ4v) is 5.01. The van der Waals surface area contributed by atoms with Crippen molar-refractivity contribution < 1.29 is 24.0 Å². The second-order valence-corrected chi connectivity index (χ2v) is 9.22. The van der Waals surface area contributed by atoms with Crippen LogP contribution in [-0.4, -0.2) is 34.7 Å². The van der Waals surface area contributed by atoms with Gasteiger partial charge in [-0.05, 0) is 48.6 Å². The molecule has 184 valence electrons. The number of hydrogen-bond acceptors (Lipinski definition) is 7. The van der Waals surface area contributed by atoms with Gasteiger partial charge in [-0.3, -0.25) is 14.6 Å². The summed E-state index contributed by atoms with van der Waals surface area (Å²) in [5, 5.41) is 15.2. The molecule has 1 N–H and O–H groups in total. The van der Waals surface area contributed by atoms with E-state index in [9.17, 15) is 14.7 Å². The first kappa shape index (κ1) is 23.7. The third-order valence-electron chi connectivity index (χ3n) is 6.85. The summed E-state index contributed by atoms with van der Waals surface area (Å²) in [6.45, 7) is 0. The largest absolute Gasteiger partial charge is 0.511 e. The average molecular weight is 485 g/mol. The maximum atomic E-state index is 13.4. The predicted molar refractivity (Wildman–Crippen MR) is 135 cm³/mol. The van der Waals surface area contributed by atoms with Crippen LogP contribution in [0.1, 0.15) is 65.4 Å². The molecule has 1 saturated carbocycles. The molecule has 0 bridgehead atoms. The lowest BCUT2D eigenvalue weighted by Crippen LogP contribution is -2.26. The zero-order chi connectivity index (χ0) is 25.1. The van der Waals surface area contributed by atoms with Crippen LogP contribution in [0.4, 0.5) is 5.69 Å². The van der Waals surface area contributed by atoms with E-state index in [0.717, 1.165) is 12.0 Å². The van der Waals surface area contributed by atoms with E-state index in [4.69, 9.17) is 14.3 Å². The maximum Gasteiger partial charge on any atom is 0.168 e. The first-order chi connectivity index (χ1) is 17.5. The van der Waals surface area contributed by atoms with Crippen molar-refractivity contribution in [1.29, 1.82) is 0 Å². The fraction of sp³-hybridized carbons (Fsp3) is 0.310. The lowest BCUT2D eigenvalue weighted by molar-refractivity contribution is -0.116. The number of benzene rings is 2. The van der Waals surface area contributed by atoms with Crippen LogP contribution < -0.4 is 4.74 Å². The average Bonchev–Trinajstić information content (AvgIpc) is 3.32. The van der Waals surface area contributed by atoms with E-state index >= 15 is 0 Å². The quantitative estimate of drug-likeness (QED) is 0.347. The van der Waals surface area contributed by atoms with Crippen LogP contribution >= 0.6 is 0 Å². The number of aryl methyl sites for hydroxylation is 2. The van der Waals surface area contributed by atoms with Gasteiger partial charge in [0.2, 0.25) is 0 Å². The highest BCUT2D eigenvalue weighted by atomic mass is 16.5. The van der Waals surface area contributed by atoms with Gasteiger partial charge in [0.1, 0.15) is 17.3 Å². The van der Waals surface area contributed by atoms with Crippen LogP contribution in [0.25, 0.3) is 0 Å². The van der Waals surface area contributed by atoms with Gasteiger partial charge in [0.25, 0.3) is 0 Å². The molecule has 7 nitrogen and oxygen atoms in total. The Morgan fingerprint density at radius 3 is 2.58 bits per heavy atom. The summed E-state index contributed by atoms with van der Waals surface area (Å²) in [5.41, 5.74) is 3.65. The number of allylic oxidation sites excluding steroid dienone is 2. The monoisotopic (exact) mass is 484 g/mol. The fourth-order valence-electron chi connectivity index (χ4n) is 5.01. The van der Waals surface area contributed by atoms with Crippen molar-refractivity contribution in [1.82, 2.24) is 5.16 Å². The molecule has 1 atom stereocenters. The van der Waals surface area contributed by atoms with Gasteiger partial charge in [0, 0.05) is 32.1 Å². The van der Waals surface area contributed by atoms with Crippen LogP contribution in [0.15, 0.2) is 75.4 Å². The molecule has 3 aromatic rings. The Labute approximate surface area is 209 Å². The van der Waals surface area contributed by atoms with E-state index in [-0.39, 0.29) is 35.2 Å². The van der Waals surface area contributed by atoms with Crippen LogP contribution in [0.5, 0.6) is 5.75 Å². The highest BCUT2D eigenvalue weighted by Gasteiger charge is 2.33. The Kier molecular flexibility index (Phi) is 6.80. The normalized spacial score (nSPS) is 20.4. The molecular formula is C29H28N2O5. The molecule has 7 heteroatoms. The molecule has 0 saturated heterocycles.